The number of carbonyl (C=O) groups is 1. The number of hydrogen-bond donors (Lipinski definition) is 1. The van der Waals surface area contributed by atoms with Crippen LogP contribution >= 0.6 is 0 Å². The molecule has 0 spiro atoms. The molecule has 1 aromatic carbocycles. The van der Waals surface area contributed by atoms with Crippen LogP contribution in [0.4, 0.5) is 0 Å². The van der Waals surface area contributed by atoms with Gasteiger partial charge in [0, 0.05) is 0 Å². The Balaban J connectivity index is 3.10. The number of rotatable bonds is 2. The molecule has 1 rings (SSSR count). The van der Waals surface area contributed by atoms with E-state index in [9.17, 15) is 8.53 Å². The van der Waals surface area contributed by atoms with Crippen LogP contribution in [0, 0.1) is 0 Å². The van der Waals surface area contributed by atoms with E-state index in [-0.39, 0.29) is 5.56 Å². The van der Waals surface area contributed by atoms with Crippen molar-refractivity contribution in [3.63, 3.8) is 0 Å². The van der Waals surface area contributed by atoms with Crippen LogP contribution in [0.25, 0.3) is 0 Å². The molecule has 56 valence electrons. The molecule has 0 unspecified atom stereocenters. The Morgan fingerprint density at radius 3 is 2.73 bits per heavy atom. The van der Waals surface area contributed by atoms with Crippen molar-refractivity contribution in [2.45, 2.75) is 0 Å². The van der Waals surface area contributed by atoms with E-state index < -0.39 is 21.7 Å². The van der Waals surface area contributed by atoms with Gasteiger partial charge in [-0.3, -0.25) is 0 Å². The third-order valence-corrected chi connectivity index (χ3v) is 2.22. The van der Waals surface area contributed by atoms with Gasteiger partial charge >= 0.3 is 69.5 Å². The Bertz CT molecular complexity index is 295. The third kappa shape index (κ3) is 1.99. The molecule has 0 saturated carbocycles. The summed E-state index contributed by atoms with van der Waals surface area (Å²) in [4.78, 5) is 10.4. The van der Waals surface area contributed by atoms with Crippen LogP contribution in [0.5, 0.6) is 0 Å². The van der Waals surface area contributed by atoms with Crippen LogP contribution in [0.15, 0.2) is 24.3 Å². The van der Waals surface area contributed by atoms with Gasteiger partial charge in [0.2, 0.25) is 0 Å². The average molecular weight is 212 g/mol. The predicted octanol–water partition coefficient (Wildman–Crippen LogP) is 0.0598. The van der Waals surface area contributed by atoms with Gasteiger partial charge in [-0.05, 0) is 0 Å². The molecular formula is C7H5AsO3. The topological polar surface area (TPSA) is 54.4 Å². The summed E-state index contributed by atoms with van der Waals surface area (Å²) >= 11 is -1.12. The molecule has 0 aliphatic rings. The normalized spacial score (nSPS) is 9.82. The Labute approximate surface area is 70.0 Å². The molecule has 11 heavy (non-hydrogen) atoms. The molecule has 0 aliphatic heterocycles. The van der Waals surface area contributed by atoms with Gasteiger partial charge in [-0.1, -0.05) is 0 Å². The molecule has 0 amide bonds. The number of carboxylic acid groups (broad SMARTS) is 1. The summed E-state index contributed by atoms with van der Waals surface area (Å²) in [5, 5.41) is 8.51. The van der Waals surface area contributed by atoms with Crippen molar-refractivity contribution >= 4 is 26.0 Å². The molecule has 0 aliphatic carbocycles. The van der Waals surface area contributed by atoms with Crippen molar-refractivity contribution in [2.75, 3.05) is 0 Å². The minimum absolute atomic E-state index is 0.189. The second-order valence-corrected chi connectivity index (χ2v) is 3.41. The first kappa shape index (κ1) is 8.15. The van der Waals surface area contributed by atoms with Crippen LogP contribution in [0.3, 0.4) is 0 Å². The molecule has 0 heterocycles. The molecule has 1 N–H and O–H groups in total. The standard InChI is InChI=1S/C7H5AsO3/c9-7(10)5-2-1-3-6(4-5)8-11/h1-4H,(H,9,10). The molecule has 0 fully saturated rings. The molecule has 0 radical (unpaired) electrons. The van der Waals surface area contributed by atoms with E-state index >= 15 is 0 Å². The van der Waals surface area contributed by atoms with Gasteiger partial charge < -0.3 is 0 Å². The molecule has 0 atom stereocenters. The fraction of sp³-hybridized carbons (Fsp3) is 0. The molecule has 0 aromatic heterocycles. The van der Waals surface area contributed by atoms with Crippen molar-refractivity contribution in [2.24, 2.45) is 0 Å². The van der Waals surface area contributed by atoms with Crippen LogP contribution in [0.2, 0.25) is 0 Å². The zero-order valence-electron chi connectivity index (χ0n) is 5.52. The number of aromatic carboxylic acids is 1. The van der Waals surface area contributed by atoms with Crippen molar-refractivity contribution < 1.29 is 13.6 Å². The molecule has 1 aromatic rings. The van der Waals surface area contributed by atoms with Gasteiger partial charge in [0.05, 0.1) is 0 Å². The summed E-state index contributed by atoms with van der Waals surface area (Å²) in [5.74, 6) is -0.985. The van der Waals surface area contributed by atoms with Gasteiger partial charge in [0.1, 0.15) is 0 Å². The number of benzene rings is 1. The molecule has 0 bridgehead atoms. The second kappa shape index (κ2) is 3.44. The quantitative estimate of drug-likeness (QED) is 0.705. The van der Waals surface area contributed by atoms with Gasteiger partial charge in [0.25, 0.3) is 0 Å². The predicted molar refractivity (Wildman–Crippen MR) is 39.5 cm³/mol. The van der Waals surface area contributed by atoms with E-state index in [0.29, 0.717) is 4.35 Å². The summed E-state index contributed by atoms with van der Waals surface area (Å²) in [6, 6.07) is 6.14. The zero-order chi connectivity index (χ0) is 8.27. The Hall–Kier alpha value is -0.952. The maximum atomic E-state index is 10.4. The summed E-state index contributed by atoms with van der Waals surface area (Å²) in [6.45, 7) is 0. The molecular weight excluding hydrogens is 207 g/mol. The van der Waals surface area contributed by atoms with Crippen molar-refractivity contribution in [1.29, 1.82) is 0 Å². The van der Waals surface area contributed by atoms with Crippen molar-refractivity contribution in [1.82, 2.24) is 0 Å². The van der Waals surface area contributed by atoms with Crippen LogP contribution in [-0.4, -0.2) is 26.8 Å². The molecule has 3 nitrogen and oxygen atoms in total. The number of hydrogen-bond acceptors (Lipinski definition) is 2. The van der Waals surface area contributed by atoms with Gasteiger partial charge in [-0.25, -0.2) is 0 Å². The Morgan fingerprint density at radius 2 is 2.18 bits per heavy atom. The fourth-order valence-corrected chi connectivity index (χ4v) is 1.41. The first-order valence-corrected chi connectivity index (χ1v) is 4.61. The van der Waals surface area contributed by atoms with Crippen molar-refractivity contribution in [3.8, 4) is 0 Å². The van der Waals surface area contributed by atoms with E-state index in [0.717, 1.165) is 0 Å². The van der Waals surface area contributed by atoms with Crippen molar-refractivity contribution in [3.05, 3.63) is 29.8 Å². The zero-order valence-corrected chi connectivity index (χ0v) is 7.40. The number of carboxylic acids is 1. The SMILES string of the molecule is O=[As]c1cccc(C(=O)O)c1. The summed E-state index contributed by atoms with van der Waals surface area (Å²) in [7, 11) is 0. The van der Waals surface area contributed by atoms with Gasteiger partial charge in [-0.2, -0.15) is 0 Å². The summed E-state index contributed by atoms with van der Waals surface area (Å²) in [6.07, 6.45) is 0. The molecule has 0 saturated heterocycles. The minimum atomic E-state index is -1.12. The van der Waals surface area contributed by atoms with E-state index in [4.69, 9.17) is 5.11 Å². The van der Waals surface area contributed by atoms with Gasteiger partial charge in [0.15, 0.2) is 0 Å². The summed E-state index contributed by atoms with van der Waals surface area (Å²) in [5.41, 5.74) is 0.189. The van der Waals surface area contributed by atoms with E-state index in [1.807, 2.05) is 0 Å². The third-order valence-electron chi connectivity index (χ3n) is 1.20. The maximum absolute atomic E-state index is 10.4. The van der Waals surface area contributed by atoms with Crippen LogP contribution < -0.4 is 4.35 Å². The summed E-state index contributed by atoms with van der Waals surface area (Å²) < 4.78 is 11.0. The first-order chi connectivity index (χ1) is 5.24. The monoisotopic (exact) mass is 212 g/mol. The van der Waals surface area contributed by atoms with Crippen LogP contribution in [-0.2, 0) is 3.74 Å². The van der Waals surface area contributed by atoms with E-state index in [1.54, 1.807) is 12.1 Å². The second-order valence-electron chi connectivity index (χ2n) is 1.95. The van der Waals surface area contributed by atoms with E-state index in [2.05, 4.69) is 0 Å². The van der Waals surface area contributed by atoms with Crippen LogP contribution in [0.1, 0.15) is 10.4 Å². The Morgan fingerprint density at radius 1 is 1.45 bits per heavy atom. The first-order valence-electron chi connectivity index (χ1n) is 2.91. The van der Waals surface area contributed by atoms with Gasteiger partial charge in [-0.15, -0.1) is 0 Å². The Kier molecular flexibility index (Phi) is 2.55. The average Bonchev–Trinajstić information content (AvgIpc) is 2.05. The fourth-order valence-electron chi connectivity index (χ4n) is 0.696. The molecule has 4 heteroatoms. The van der Waals surface area contributed by atoms with E-state index in [1.165, 1.54) is 12.1 Å².